The van der Waals surface area contributed by atoms with E-state index in [0.29, 0.717) is 36.8 Å². The number of nitrogens with zero attached hydrogens (tertiary/aromatic N) is 2. The van der Waals surface area contributed by atoms with Crippen LogP contribution in [0.3, 0.4) is 0 Å². The third kappa shape index (κ3) is 5.15. The van der Waals surface area contributed by atoms with Gasteiger partial charge in [0, 0.05) is 13.1 Å². The summed E-state index contributed by atoms with van der Waals surface area (Å²) in [6.45, 7) is 4.77. The van der Waals surface area contributed by atoms with Crippen molar-refractivity contribution >= 4 is 57.5 Å². The highest BCUT2D eigenvalue weighted by Crippen LogP contribution is 2.37. The van der Waals surface area contributed by atoms with Crippen LogP contribution in [-0.4, -0.2) is 53.7 Å². The van der Waals surface area contributed by atoms with E-state index in [1.807, 2.05) is 24.3 Å². The smallest absolute Gasteiger partial charge is 0.294 e. The summed E-state index contributed by atoms with van der Waals surface area (Å²) >= 11 is 2.96. The second-order valence-corrected chi connectivity index (χ2v) is 9.89. The summed E-state index contributed by atoms with van der Waals surface area (Å²) in [6, 6.07) is 11.6. The van der Waals surface area contributed by atoms with E-state index in [2.05, 4.69) is 35.2 Å². The number of methoxy groups -OCH3 is 1. The number of thioether (sulfide) groups is 1. The fourth-order valence-corrected chi connectivity index (χ4v) is 5.46. The number of amides is 3. The van der Waals surface area contributed by atoms with Crippen LogP contribution in [0.15, 0.2) is 54.0 Å². The first-order valence-corrected chi connectivity index (χ1v) is 12.5. The molecule has 0 radical (unpaired) electrons. The quantitative estimate of drug-likeness (QED) is 0.269. The van der Waals surface area contributed by atoms with Gasteiger partial charge in [-0.3, -0.25) is 19.3 Å². The van der Waals surface area contributed by atoms with E-state index < -0.39 is 11.1 Å². The van der Waals surface area contributed by atoms with E-state index in [1.165, 1.54) is 12.7 Å². The van der Waals surface area contributed by atoms with Crippen LogP contribution in [0.5, 0.6) is 11.5 Å². The van der Waals surface area contributed by atoms with Crippen molar-refractivity contribution in [3.8, 4) is 11.5 Å². The molecule has 2 aliphatic rings. The number of hydrogen-bond acceptors (Lipinski definition) is 6. The first kappa shape index (κ1) is 24.3. The Hall–Kier alpha value is -2.79. The summed E-state index contributed by atoms with van der Waals surface area (Å²) < 4.78 is 11.9. The van der Waals surface area contributed by atoms with Crippen molar-refractivity contribution in [3.63, 3.8) is 0 Å². The van der Waals surface area contributed by atoms with Crippen molar-refractivity contribution in [2.24, 2.45) is 0 Å². The van der Waals surface area contributed by atoms with Gasteiger partial charge in [0.25, 0.3) is 11.1 Å². The monoisotopic (exact) mass is 590 g/mol. The Balaban J connectivity index is 1.48. The van der Waals surface area contributed by atoms with Gasteiger partial charge in [-0.05, 0) is 75.7 Å². The highest BCUT2D eigenvalue weighted by Gasteiger charge is 2.37. The summed E-state index contributed by atoms with van der Waals surface area (Å²) in [7, 11) is 1.54. The van der Waals surface area contributed by atoms with Crippen molar-refractivity contribution in [2.75, 3.05) is 26.8 Å². The van der Waals surface area contributed by atoms with Crippen LogP contribution in [0.2, 0.25) is 0 Å². The second-order valence-electron chi connectivity index (χ2n) is 7.74. The lowest BCUT2D eigenvalue weighted by atomic mass is 10.00. The van der Waals surface area contributed by atoms with Crippen LogP contribution >= 0.6 is 34.4 Å². The van der Waals surface area contributed by atoms with Crippen molar-refractivity contribution in [1.29, 1.82) is 0 Å². The van der Waals surface area contributed by atoms with E-state index >= 15 is 0 Å². The van der Waals surface area contributed by atoms with Gasteiger partial charge in [-0.25, -0.2) is 0 Å². The number of carbonyl (C=O) groups excluding carboxylic acids is 3. The average molecular weight is 590 g/mol. The predicted octanol–water partition coefficient (Wildman–Crippen LogP) is 4.49. The zero-order valence-electron chi connectivity index (χ0n) is 18.6. The molecule has 9 heteroatoms. The maximum absolute atomic E-state index is 13.0. The van der Waals surface area contributed by atoms with Gasteiger partial charge in [0.15, 0.2) is 11.5 Å². The fourth-order valence-electron chi connectivity index (χ4n) is 3.84. The van der Waals surface area contributed by atoms with E-state index in [9.17, 15) is 14.4 Å². The topological polar surface area (TPSA) is 76.2 Å². The van der Waals surface area contributed by atoms with Crippen LogP contribution in [0.25, 0.3) is 6.08 Å². The normalized spacial score (nSPS) is 16.6. The average Bonchev–Trinajstić information content (AvgIpc) is 3.09. The summed E-state index contributed by atoms with van der Waals surface area (Å²) in [5.74, 6) is 0.390. The molecule has 0 saturated carbocycles. The van der Waals surface area contributed by atoms with Crippen molar-refractivity contribution in [3.05, 3.63) is 74.2 Å². The van der Waals surface area contributed by atoms with E-state index in [4.69, 9.17) is 9.47 Å². The molecule has 2 aromatic rings. The molecule has 0 atom stereocenters. The van der Waals surface area contributed by atoms with E-state index in [1.54, 1.807) is 23.1 Å². The molecular weight excluding hydrogens is 567 g/mol. The molecule has 0 spiro atoms. The Kier molecular flexibility index (Phi) is 7.62. The number of halogens is 1. The molecule has 2 aliphatic heterocycles. The molecule has 7 nitrogen and oxygen atoms in total. The summed E-state index contributed by atoms with van der Waals surface area (Å²) in [6.07, 6.45) is 4.04. The van der Waals surface area contributed by atoms with Crippen LogP contribution in [0.1, 0.15) is 16.7 Å². The standard InChI is InChI=1S/C25H23IN2O5S/c1-3-10-33-23-19(26)11-16(12-20(23)32-2)13-21-24(30)28(25(31)34-21)15-22(29)27-9-8-17-6-4-5-7-18(17)14-27/h3-7,11-13H,1,8-10,14-15H2,2H3/b21-13+. The maximum Gasteiger partial charge on any atom is 0.294 e. The SMILES string of the molecule is C=CCOc1c(I)cc(/C=C2/SC(=O)N(CC(=O)N3CCc4ccccc4C3)C2=O)cc1OC. The molecule has 2 aromatic carbocycles. The van der Waals surface area contributed by atoms with Gasteiger partial charge >= 0.3 is 0 Å². The number of hydrogen-bond donors (Lipinski definition) is 0. The lowest BCUT2D eigenvalue weighted by molar-refractivity contribution is -0.136. The third-order valence-corrected chi connectivity index (χ3v) is 7.25. The van der Waals surface area contributed by atoms with Crippen molar-refractivity contribution < 1.29 is 23.9 Å². The zero-order valence-corrected chi connectivity index (χ0v) is 21.6. The Morgan fingerprint density at radius 1 is 1.24 bits per heavy atom. The number of ether oxygens (including phenoxy) is 2. The molecule has 0 bridgehead atoms. The molecule has 0 aromatic heterocycles. The number of carbonyl (C=O) groups is 3. The lowest BCUT2D eigenvalue weighted by Gasteiger charge is -2.29. The fraction of sp³-hybridized carbons (Fsp3) is 0.240. The van der Waals surface area contributed by atoms with Gasteiger partial charge in [-0.2, -0.15) is 0 Å². The maximum atomic E-state index is 13.0. The van der Waals surface area contributed by atoms with Crippen LogP contribution in [-0.2, 0) is 22.6 Å². The summed E-state index contributed by atoms with van der Waals surface area (Å²) in [5, 5.41) is -0.449. The molecule has 0 N–H and O–H groups in total. The van der Waals surface area contributed by atoms with Crippen LogP contribution < -0.4 is 9.47 Å². The summed E-state index contributed by atoms with van der Waals surface area (Å²) in [4.78, 5) is 41.4. The van der Waals surface area contributed by atoms with Gasteiger partial charge in [0.2, 0.25) is 5.91 Å². The van der Waals surface area contributed by atoms with Gasteiger partial charge in [-0.1, -0.05) is 36.9 Å². The highest BCUT2D eigenvalue weighted by atomic mass is 127. The zero-order chi connectivity index (χ0) is 24.2. The third-order valence-electron chi connectivity index (χ3n) is 5.55. The predicted molar refractivity (Wildman–Crippen MR) is 140 cm³/mol. The van der Waals surface area contributed by atoms with Gasteiger partial charge < -0.3 is 14.4 Å². The molecule has 3 amide bonds. The number of fused-ring (bicyclic) bond motifs is 1. The van der Waals surface area contributed by atoms with E-state index in [-0.39, 0.29) is 17.4 Å². The molecule has 1 fully saturated rings. The minimum absolute atomic E-state index is 0.238. The van der Waals surface area contributed by atoms with Gasteiger partial charge in [-0.15, -0.1) is 0 Å². The number of rotatable bonds is 7. The molecule has 2 heterocycles. The van der Waals surface area contributed by atoms with E-state index in [0.717, 1.165) is 32.2 Å². The highest BCUT2D eigenvalue weighted by molar-refractivity contribution is 14.1. The Morgan fingerprint density at radius 2 is 2.00 bits per heavy atom. The largest absolute Gasteiger partial charge is 0.493 e. The Morgan fingerprint density at radius 3 is 2.74 bits per heavy atom. The van der Waals surface area contributed by atoms with Crippen LogP contribution in [0, 0.1) is 3.57 Å². The molecule has 1 saturated heterocycles. The Labute approximate surface area is 215 Å². The minimum atomic E-state index is -0.471. The lowest BCUT2D eigenvalue weighted by Crippen LogP contribution is -2.44. The first-order chi connectivity index (χ1) is 16.4. The molecule has 176 valence electrons. The Bertz CT molecular complexity index is 1200. The molecule has 0 unspecified atom stereocenters. The van der Waals surface area contributed by atoms with Gasteiger partial charge in [0.05, 0.1) is 15.6 Å². The molecule has 34 heavy (non-hydrogen) atoms. The minimum Gasteiger partial charge on any atom is -0.493 e. The molecule has 0 aliphatic carbocycles. The molecular formula is C25H23IN2O5S. The van der Waals surface area contributed by atoms with Gasteiger partial charge in [0.1, 0.15) is 13.2 Å². The summed E-state index contributed by atoms with van der Waals surface area (Å²) in [5.41, 5.74) is 3.02. The number of benzene rings is 2. The van der Waals surface area contributed by atoms with Crippen molar-refractivity contribution in [1.82, 2.24) is 9.80 Å². The molecule has 4 rings (SSSR count). The number of imide groups is 1. The van der Waals surface area contributed by atoms with Crippen LogP contribution in [0.4, 0.5) is 4.79 Å². The second kappa shape index (κ2) is 10.6. The van der Waals surface area contributed by atoms with Crippen molar-refractivity contribution in [2.45, 2.75) is 13.0 Å². The first-order valence-electron chi connectivity index (χ1n) is 10.6.